The Morgan fingerprint density at radius 2 is 1.62 bits per heavy atom. The molecule has 1 amide bonds. The maximum atomic E-state index is 12.1. The molecular formula is C21H20N2O2S. The van der Waals surface area contributed by atoms with Crippen LogP contribution in [0.3, 0.4) is 0 Å². The van der Waals surface area contributed by atoms with Crippen LogP contribution in [-0.4, -0.2) is 15.6 Å². The van der Waals surface area contributed by atoms with Crippen LogP contribution in [0.2, 0.25) is 0 Å². The Kier molecular flexibility index (Phi) is 6.28. The van der Waals surface area contributed by atoms with Crippen molar-refractivity contribution < 1.29 is 9.00 Å². The van der Waals surface area contributed by atoms with Gasteiger partial charge in [-0.25, -0.2) is 4.21 Å². The molecule has 0 saturated heterocycles. The van der Waals surface area contributed by atoms with Crippen molar-refractivity contribution in [2.24, 2.45) is 0 Å². The summed E-state index contributed by atoms with van der Waals surface area (Å²) in [6, 6.07) is 20.4. The van der Waals surface area contributed by atoms with Crippen LogP contribution in [0.15, 0.2) is 88.9 Å². The number of nitrogens with one attached hydrogen (secondary N) is 1. The molecule has 1 N–H and O–H groups in total. The smallest absolute Gasteiger partial charge is 0.211 e. The van der Waals surface area contributed by atoms with Crippen LogP contribution >= 0.6 is 0 Å². The van der Waals surface area contributed by atoms with E-state index in [1.54, 1.807) is 24.3 Å². The first-order valence-corrected chi connectivity index (χ1v) is 9.60. The molecule has 1 fully saturated rings. The topological polar surface area (TPSA) is 59.1 Å². The van der Waals surface area contributed by atoms with Gasteiger partial charge in [-0.3, -0.25) is 9.78 Å². The molecule has 0 radical (unpaired) electrons. The lowest BCUT2D eigenvalue weighted by Gasteiger charge is -2.03. The molecule has 1 atom stereocenters. The Morgan fingerprint density at radius 1 is 0.923 bits per heavy atom. The lowest BCUT2D eigenvalue weighted by Crippen LogP contribution is -1.95. The maximum absolute atomic E-state index is 12.1. The zero-order chi connectivity index (χ0) is 18.2. The number of rotatable bonds is 5. The summed E-state index contributed by atoms with van der Waals surface area (Å²) in [5.74, 6) is 0.846. The molecule has 1 saturated carbocycles. The van der Waals surface area contributed by atoms with Gasteiger partial charge in [0.1, 0.15) is 0 Å². The molecule has 1 unspecified atom stereocenters. The molecule has 4 rings (SSSR count). The van der Waals surface area contributed by atoms with E-state index in [4.69, 9.17) is 0 Å². The molecule has 1 aromatic heterocycles. The fourth-order valence-electron chi connectivity index (χ4n) is 2.46. The number of hydrogen-bond acceptors (Lipinski definition) is 3. The zero-order valence-corrected chi connectivity index (χ0v) is 15.1. The van der Waals surface area contributed by atoms with Gasteiger partial charge in [0.2, 0.25) is 6.41 Å². The summed E-state index contributed by atoms with van der Waals surface area (Å²) >= 11 is 0. The molecule has 3 aromatic rings. The Balaban J connectivity index is 0.000000181. The van der Waals surface area contributed by atoms with Gasteiger partial charge in [-0.1, -0.05) is 24.3 Å². The first-order valence-electron chi connectivity index (χ1n) is 8.45. The van der Waals surface area contributed by atoms with Crippen LogP contribution in [0.1, 0.15) is 24.3 Å². The minimum Gasteiger partial charge on any atom is -0.329 e. The van der Waals surface area contributed by atoms with Crippen molar-refractivity contribution in [3.8, 4) is 0 Å². The van der Waals surface area contributed by atoms with Gasteiger partial charge in [0.15, 0.2) is 0 Å². The quantitative estimate of drug-likeness (QED) is 0.684. The second kappa shape index (κ2) is 9.06. The van der Waals surface area contributed by atoms with E-state index in [1.165, 1.54) is 18.4 Å². The van der Waals surface area contributed by atoms with Gasteiger partial charge >= 0.3 is 0 Å². The molecule has 1 aliphatic rings. The lowest BCUT2D eigenvalue weighted by atomic mass is 10.2. The van der Waals surface area contributed by atoms with Crippen molar-refractivity contribution >= 4 is 22.9 Å². The van der Waals surface area contributed by atoms with Gasteiger partial charge in [-0.05, 0) is 66.8 Å². The molecule has 1 aliphatic carbocycles. The van der Waals surface area contributed by atoms with Crippen LogP contribution < -0.4 is 5.32 Å². The number of benzene rings is 2. The number of carbonyl (C=O) groups is 1. The predicted molar refractivity (Wildman–Crippen MR) is 103 cm³/mol. The van der Waals surface area contributed by atoms with Crippen LogP contribution in [0.5, 0.6) is 0 Å². The molecule has 5 heteroatoms. The molecule has 2 aromatic carbocycles. The first kappa shape index (κ1) is 18.0. The van der Waals surface area contributed by atoms with E-state index in [1.807, 2.05) is 48.8 Å². The molecule has 132 valence electrons. The van der Waals surface area contributed by atoms with Gasteiger partial charge in [0.25, 0.3) is 0 Å². The fourth-order valence-corrected chi connectivity index (χ4v) is 3.52. The lowest BCUT2D eigenvalue weighted by molar-refractivity contribution is -0.105. The van der Waals surface area contributed by atoms with Crippen molar-refractivity contribution in [3.63, 3.8) is 0 Å². The molecule has 0 bridgehead atoms. The molecule has 26 heavy (non-hydrogen) atoms. The fraction of sp³-hybridized carbons (Fsp3) is 0.143. The highest BCUT2D eigenvalue weighted by Gasteiger charge is 2.22. The highest BCUT2D eigenvalue weighted by molar-refractivity contribution is 7.85. The second-order valence-electron chi connectivity index (χ2n) is 5.93. The highest BCUT2D eigenvalue weighted by Crippen LogP contribution is 2.39. The number of nitrogens with zero attached hydrogens (tertiary/aromatic N) is 1. The molecule has 0 spiro atoms. The first-order chi connectivity index (χ1) is 12.8. The summed E-state index contributed by atoms with van der Waals surface area (Å²) in [7, 11) is -1.18. The van der Waals surface area contributed by atoms with Crippen molar-refractivity contribution in [2.45, 2.75) is 28.6 Å². The third-order valence-electron chi connectivity index (χ3n) is 3.98. The van der Waals surface area contributed by atoms with E-state index in [0.717, 1.165) is 10.8 Å². The van der Waals surface area contributed by atoms with Crippen molar-refractivity contribution in [3.05, 3.63) is 84.7 Å². The summed E-state index contributed by atoms with van der Waals surface area (Å²) in [6.07, 6.45) is 7.14. The van der Waals surface area contributed by atoms with E-state index in [-0.39, 0.29) is 0 Å². The van der Waals surface area contributed by atoms with E-state index in [9.17, 15) is 9.00 Å². The highest BCUT2D eigenvalue weighted by atomic mass is 32.2. The Hall–Kier alpha value is -2.79. The van der Waals surface area contributed by atoms with E-state index in [0.29, 0.717) is 17.0 Å². The second-order valence-corrected chi connectivity index (χ2v) is 7.41. The van der Waals surface area contributed by atoms with Crippen molar-refractivity contribution in [2.75, 3.05) is 5.32 Å². The van der Waals surface area contributed by atoms with Crippen LogP contribution in [0.4, 0.5) is 5.69 Å². The predicted octanol–water partition coefficient (Wildman–Crippen LogP) is 4.38. The summed E-state index contributed by atoms with van der Waals surface area (Å²) < 4.78 is 12.1. The summed E-state index contributed by atoms with van der Waals surface area (Å²) in [6.45, 7) is 0. The minimum absolute atomic E-state index is 0.614. The van der Waals surface area contributed by atoms with E-state index >= 15 is 0 Å². The summed E-state index contributed by atoms with van der Waals surface area (Å²) in [5.41, 5.74) is 2.10. The number of hydrogen-bond donors (Lipinski definition) is 1. The van der Waals surface area contributed by atoms with Crippen LogP contribution in [-0.2, 0) is 15.6 Å². The summed E-state index contributed by atoms with van der Waals surface area (Å²) in [5, 5.41) is 2.53. The van der Waals surface area contributed by atoms with Gasteiger partial charge in [-0.2, -0.15) is 0 Å². The molecular weight excluding hydrogens is 344 g/mol. The van der Waals surface area contributed by atoms with E-state index < -0.39 is 10.8 Å². The third-order valence-corrected chi connectivity index (χ3v) is 5.39. The average Bonchev–Trinajstić information content (AvgIpc) is 3.56. The Bertz CT molecular complexity index is 848. The minimum atomic E-state index is -1.18. The number of pyridine rings is 1. The van der Waals surface area contributed by atoms with E-state index in [2.05, 4.69) is 16.4 Å². The van der Waals surface area contributed by atoms with Crippen LogP contribution in [0.25, 0.3) is 0 Å². The molecule has 4 nitrogen and oxygen atoms in total. The maximum Gasteiger partial charge on any atom is 0.211 e. The van der Waals surface area contributed by atoms with Crippen molar-refractivity contribution in [1.29, 1.82) is 0 Å². The van der Waals surface area contributed by atoms with Crippen molar-refractivity contribution in [1.82, 2.24) is 4.98 Å². The monoisotopic (exact) mass is 364 g/mol. The zero-order valence-electron chi connectivity index (χ0n) is 14.2. The van der Waals surface area contributed by atoms with Gasteiger partial charge in [-0.15, -0.1) is 0 Å². The van der Waals surface area contributed by atoms with Crippen LogP contribution in [0, 0.1) is 0 Å². The normalized spacial score (nSPS) is 13.8. The third kappa shape index (κ3) is 5.10. The average molecular weight is 364 g/mol. The summed E-state index contributed by atoms with van der Waals surface area (Å²) in [4.78, 5) is 15.8. The number of aromatic nitrogens is 1. The Labute approximate surface area is 155 Å². The number of carbonyl (C=O) groups excluding carboxylic acids is 1. The van der Waals surface area contributed by atoms with Gasteiger partial charge in [0.05, 0.1) is 10.8 Å². The standard InChI is InChI=1S/C13H11NO2S.C8H9N/c15-10-14-11-6-8-13(9-7-11)17(16)12-4-2-1-3-5-12;1-2-8(6-9-5-1)7-3-4-7/h1-10H,(H,14,15);1-2,5-7H,3-4H2. The SMILES string of the molecule is O=CNc1ccc(S(=O)c2ccccc2)cc1.c1cncc(C2CC2)c1. The van der Waals surface area contributed by atoms with Gasteiger partial charge in [0, 0.05) is 27.9 Å². The largest absolute Gasteiger partial charge is 0.329 e. The molecule has 0 aliphatic heterocycles. The number of amides is 1. The number of anilines is 1. The molecule has 1 heterocycles. The van der Waals surface area contributed by atoms with Gasteiger partial charge < -0.3 is 5.32 Å². The Morgan fingerprint density at radius 3 is 2.19 bits per heavy atom.